The molecule has 144 valence electrons. The van der Waals surface area contributed by atoms with E-state index < -0.39 is 0 Å². The lowest BCUT2D eigenvalue weighted by Gasteiger charge is -2.08. The second kappa shape index (κ2) is 10.7. The van der Waals surface area contributed by atoms with Crippen LogP contribution in [0.2, 0.25) is 0 Å². The monoisotopic (exact) mass is 393 g/mol. The van der Waals surface area contributed by atoms with E-state index in [4.69, 9.17) is 15.9 Å². The van der Waals surface area contributed by atoms with Crippen LogP contribution >= 0.6 is 12.4 Å². The van der Waals surface area contributed by atoms with E-state index in [1.807, 2.05) is 0 Å². The second-order valence-corrected chi connectivity index (χ2v) is 5.20. The lowest BCUT2D eigenvalue weighted by Crippen LogP contribution is -2.30. The fourth-order valence-corrected chi connectivity index (χ4v) is 1.92. The number of hydrogen-bond donors (Lipinski definition) is 3. The minimum atomic E-state index is -0.389. The molecule has 2 aromatic rings. The predicted octanol–water partition coefficient (Wildman–Crippen LogP) is 0.908. The summed E-state index contributed by atoms with van der Waals surface area (Å²) in [6.07, 6.45) is 3.07. The molecule has 0 aliphatic heterocycles. The molecular formula is C17H20ClN5O4. The molecule has 0 aliphatic rings. The van der Waals surface area contributed by atoms with Crippen molar-refractivity contribution < 1.29 is 19.1 Å². The molecule has 0 aliphatic carbocycles. The van der Waals surface area contributed by atoms with Gasteiger partial charge in [-0.05, 0) is 24.3 Å². The van der Waals surface area contributed by atoms with Crippen molar-refractivity contribution in [2.75, 3.05) is 20.3 Å². The third-order valence-electron chi connectivity index (χ3n) is 3.32. The number of aromatic nitrogens is 2. The van der Waals surface area contributed by atoms with Gasteiger partial charge in [0.1, 0.15) is 11.6 Å². The minimum absolute atomic E-state index is 0. The van der Waals surface area contributed by atoms with Crippen molar-refractivity contribution >= 4 is 30.1 Å². The van der Waals surface area contributed by atoms with Crippen LogP contribution in [0.25, 0.3) is 11.4 Å². The standard InChI is InChI=1S/C17H19N5O4.ClH/c1-25-15(24)6-7-20-14(23)10-26-13-4-2-11(3-5-13)17-21-8-12(9-22-17)16(18)19;/h2-5,8-9H,6-7,10H2,1H3,(H3,18,19)(H,20,23);1H. The Hall–Kier alpha value is -3.20. The first-order chi connectivity index (χ1) is 12.5. The Kier molecular flexibility index (Phi) is 8.67. The summed E-state index contributed by atoms with van der Waals surface area (Å²) in [5.41, 5.74) is 6.57. The van der Waals surface area contributed by atoms with Gasteiger partial charge in [-0.1, -0.05) is 0 Å². The van der Waals surface area contributed by atoms with E-state index in [1.165, 1.54) is 19.5 Å². The van der Waals surface area contributed by atoms with E-state index in [-0.39, 0.29) is 49.7 Å². The highest BCUT2D eigenvalue weighted by molar-refractivity contribution is 5.94. The van der Waals surface area contributed by atoms with Crippen LogP contribution in [0.3, 0.4) is 0 Å². The van der Waals surface area contributed by atoms with Gasteiger partial charge in [0.15, 0.2) is 12.4 Å². The van der Waals surface area contributed by atoms with Gasteiger partial charge in [0.25, 0.3) is 5.91 Å². The summed E-state index contributed by atoms with van der Waals surface area (Å²) < 4.78 is 9.86. The third-order valence-corrected chi connectivity index (χ3v) is 3.32. The number of benzene rings is 1. The average molecular weight is 394 g/mol. The fraction of sp³-hybridized carbons (Fsp3) is 0.235. The van der Waals surface area contributed by atoms with Crippen molar-refractivity contribution in [3.8, 4) is 17.1 Å². The molecule has 0 unspecified atom stereocenters. The van der Waals surface area contributed by atoms with Gasteiger partial charge in [-0.15, -0.1) is 12.4 Å². The molecule has 0 bridgehead atoms. The molecule has 1 aromatic heterocycles. The Balaban J connectivity index is 0.00000364. The number of carbonyl (C=O) groups excluding carboxylic acids is 2. The van der Waals surface area contributed by atoms with E-state index in [9.17, 15) is 9.59 Å². The van der Waals surface area contributed by atoms with E-state index in [0.29, 0.717) is 17.1 Å². The Morgan fingerprint density at radius 3 is 2.37 bits per heavy atom. The first-order valence-electron chi connectivity index (χ1n) is 7.73. The number of nitrogen functional groups attached to an aromatic ring is 1. The number of nitrogens with two attached hydrogens (primary N) is 1. The summed E-state index contributed by atoms with van der Waals surface area (Å²) in [7, 11) is 1.29. The highest BCUT2D eigenvalue weighted by Gasteiger charge is 2.06. The topological polar surface area (TPSA) is 140 Å². The van der Waals surface area contributed by atoms with Crippen LogP contribution in [0, 0.1) is 5.41 Å². The van der Waals surface area contributed by atoms with Crippen LogP contribution in [0.15, 0.2) is 36.7 Å². The van der Waals surface area contributed by atoms with Crippen LogP contribution in [-0.2, 0) is 14.3 Å². The first kappa shape index (κ1) is 21.8. The number of hydrogen-bond acceptors (Lipinski definition) is 7. The van der Waals surface area contributed by atoms with Gasteiger partial charge in [-0.3, -0.25) is 15.0 Å². The highest BCUT2D eigenvalue weighted by Crippen LogP contribution is 2.19. The van der Waals surface area contributed by atoms with Gasteiger partial charge < -0.3 is 20.5 Å². The van der Waals surface area contributed by atoms with E-state index in [1.54, 1.807) is 24.3 Å². The average Bonchev–Trinajstić information content (AvgIpc) is 2.66. The minimum Gasteiger partial charge on any atom is -0.484 e. The lowest BCUT2D eigenvalue weighted by atomic mass is 10.2. The summed E-state index contributed by atoms with van der Waals surface area (Å²) in [6, 6.07) is 6.90. The van der Waals surface area contributed by atoms with Gasteiger partial charge in [0.05, 0.1) is 19.1 Å². The summed E-state index contributed by atoms with van der Waals surface area (Å²) in [5, 5.41) is 9.88. The molecule has 1 aromatic carbocycles. The van der Waals surface area contributed by atoms with Gasteiger partial charge in [0, 0.05) is 24.5 Å². The number of amidine groups is 1. The Bertz CT molecular complexity index is 781. The molecule has 0 atom stereocenters. The van der Waals surface area contributed by atoms with Crippen molar-refractivity contribution in [2.45, 2.75) is 6.42 Å². The number of ether oxygens (including phenoxy) is 2. The van der Waals surface area contributed by atoms with E-state index >= 15 is 0 Å². The van der Waals surface area contributed by atoms with Crippen molar-refractivity contribution in [3.05, 3.63) is 42.2 Å². The summed E-state index contributed by atoms with van der Waals surface area (Å²) in [4.78, 5) is 30.9. The van der Waals surface area contributed by atoms with Gasteiger partial charge in [-0.25, -0.2) is 9.97 Å². The largest absolute Gasteiger partial charge is 0.484 e. The molecular weight excluding hydrogens is 374 g/mol. The summed E-state index contributed by atoms with van der Waals surface area (Å²) in [6.45, 7) is 0.0335. The molecule has 2 rings (SSSR count). The predicted molar refractivity (Wildman–Crippen MR) is 101 cm³/mol. The van der Waals surface area contributed by atoms with Crippen LogP contribution in [0.5, 0.6) is 5.75 Å². The highest BCUT2D eigenvalue weighted by atomic mass is 35.5. The Morgan fingerprint density at radius 1 is 1.19 bits per heavy atom. The molecule has 1 heterocycles. The normalized spacial score (nSPS) is 9.67. The maximum Gasteiger partial charge on any atom is 0.307 e. The van der Waals surface area contributed by atoms with Crippen molar-refractivity contribution in [3.63, 3.8) is 0 Å². The maximum absolute atomic E-state index is 11.6. The van der Waals surface area contributed by atoms with E-state index in [0.717, 1.165) is 5.56 Å². The quantitative estimate of drug-likeness (QED) is 0.344. The van der Waals surface area contributed by atoms with Gasteiger partial charge >= 0.3 is 5.97 Å². The number of nitrogens with one attached hydrogen (secondary N) is 2. The smallest absolute Gasteiger partial charge is 0.307 e. The Morgan fingerprint density at radius 2 is 1.81 bits per heavy atom. The number of nitrogens with zero attached hydrogens (tertiary/aromatic N) is 2. The molecule has 0 saturated heterocycles. The number of methoxy groups -OCH3 is 1. The number of esters is 1. The van der Waals surface area contributed by atoms with Crippen molar-refractivity contribution in [1.29, 1.82) is 5.41 Å². The molecule has 1 amide bonds. The molecule has 4 N–H and O–H groups in total. The van der Waals surface area contributed by atoms with E-state index in [2.05, 4.69) is 20.0 Å². The van der Waals surface area contributed by atoms with Crippen LogP contribution < -0.4 is 15.8 Å². The van der Waals surface area contributed by atoms with Crippen LogP contribution in [-0.4, -0.2) is 47.9 Å². The van der Waals surface area contributed by atoms with Gasteiger partial charge in [0.2, 0.25) is 0 Å². The molecule has 9 nitrogen and oxygen atoms in total. The molecule has 0 spiro atoms. The van der Waals surface area contributed by atoms with Gasteiger partial charge in [-0.2, -0.15) is 0 Å². The zero-order chi connectivity index (χ0) is 18.9. The summed E-state index contributed by atoms with van der Waals surface area (Å²) in [5.74, 6) is 0.186. The number of rotatable bonds is 8. The maximum atomic E-state index is 11.6. The molecule has 10 heteroatoms. The lowest BCUT2D eigenvalue weighted by molar-refractivity contribution is -0.140. The molecule has 0 saturated carbocycles. The second-order valence-electron chi connectivity index (χ2n) is 5.20. The SMILES string of the molecule is COC(=O)CCNC(=O)COc1ccc(-c2ncc(C(=N)N)cn2)cc1.Cl. The van der Waals surface area contributed by atoms with Crippen LogP contribution in [0.1, 0.15) is 12.0 Å². The fourth-order valence-electron chi connectivity index (χ4n) is 1.92. The third kappa shape index (κ3) is 6.90. The number of carbonyl (C=O) groups is 2. The number of amides is 1. The molecule has 27 heavy (non-hydrogen) atoms. The van der Waals surface area contributed by atoms with Crippen molar-refractivity contribution in [2.24, 2.45) is 5.73 Å². The van der Waals surface area contributed by atoms with Crippen LogP contribution in [0.4, 0.5) is 0 Å². The molecule has 0 fully saturated rings. The molecule has 0 radical (unpaired) electrons. The first-order valence-corrected chi connectivity index (χ1v) is 7.73. The zero-order valence-electron chi connectivity index (χ0n) is 14.6. The zero-order valence-corrected chi connectivity index (χ0v) is 15.4. The number of halogens is 1. The Labute approximate surface area is 162 Å². The van der Waals surface area contributed by atoms with Crippen molar-refractivity contribution in [1.82, 2.24) is 15.3 Å². The summed E-state index contributed by atoms with van der Waals surface area (Å²) >= 11 is 0.